The third kappa shape index (κ3) is 6.53. The molecule has 0 unspecified atom stereocenters. The largest absolute Gasteiger partial charge is 0.298 e. The van der Waals surface area contributed by atoms with Gasteiger partial charge in [0.2, 0.25) is 5.91 Å². The Hall–Kier alpha value is -2.46. The van der Waals surface area contributed by atoms with E-state index in [0.29, 0.717) is 13.0 Å². The van der Waals surface area contributed by atoms with Crippen LogP contribution in [0.5, 0.6) is 0 Å². The summed E-state index contributed by atoms with van der Waals surface area (Å²) in [7, 11) is 0. The van der Waals surface area contributed by atoms with Crippen molar-refractivity contribution in [1.82, 2.24) is 9.88 Å². The molecule has 0 aliphatic carbocycles. The lowest BCUT2D eigenvalue weighted by molar-refractivity contribution is -0.118. The van der Waals surface area contributed by atoms with Gasteiger partial charge in [-0.05, 0) is 36.1 Å². The monoisotopic (exact) mass is 391 g/mol. The Labute approximate surface area is 175 Å². The van der Waals surface area contributed by atoms with Gasteiger partial charge < -0.3 is 0 Å². The number of anilines is 1. The van der Waals surface area contributed by atoms with Gasteiger partial charge in [0.05, 0.1) is 0 Å². The minimum atomic E-state index is 0.192. The van der Waals surface area contributed by atoms with Crippen LogP contribution in [0.3, 0.4) is 0 Å². The molecule has 0 fully saturated rings. The lowest BCUT2D eigenvalue weighted by Crippen LogP contribution is -2.40. The van der Waals surface area contributed by atoms with Gasteiger partial charge in [-0.25, -0.2) is 4.98 Å². The van der Waals surface area contributed by atoms with Crippen molar-refractivity contribution < 1.29 is 4.79 Å². The fourth-order valence-electron chi connectivity index (χ4n) is 3.79. The number of benzene rings is 1. The molecule has 1 aromatic heterocycles. The number of pyridine rings is 1. The Kier molecular flexibility index (Phi) is 8.44. The van der Waals surface area contributed by atoms with E-state index < -0.39 is 0 Å². The average molecular weight is 392 g/mol. The van der Waals surface area contributed by atoms with E-state index >= 15 is 0 Å². The first kappa shape index (κ1) is 21.3. The summed E-state index contributed by atoms with van der Waals surface area (Å²) in [6.07, 6.45) is 10.2. The topological polar surface area (TPSA) is 36.4 Å². The zero-order chi connectivity index (χ0) is 20.3. The second kappa shape index (κ2) is 11.5. The third-order valence-electron chi connectivity index (χ3n) is 5.55. The third-order valence-corrected chi connectivity index (χ3v) is 5.55. The molecule has 0 atom stereocenters. The molecule has 154 valence electrons. The summed E-state index contributed by atoms with van der Waals surface area (Å²) in [6, 6.07) is 16.4. The number of rotatable bonds is 10. The van der Waals surface area contributed by atoms with E-state index in [1.54, 1.807) is 6.20 Å². The molecule has 0 saturated carbocycles. The maximum Gasteiger partial charge on any atom is 0.228 e. The number of carbonyl (C=O) groups is 1. The molecular formula is C25H33N3O. The highest BCUT2D eigenvalue weighted by molar-refractivity contribution is 5.92. The molecule has 1 aliphatic rings. The van der Waals surface area contributed by atoms with Crippen molar-refractivity contribution in [3.05, 3.63) is 66.4 Å². The van der Waals surface area contributed by atoms with Gasteiger partial charge in [0.1, 0.15) is 5.82 Å². The maximum absolute atomic E-state index is 12.9. The lowest BCUT2D eigenvalue weighted by Gasteiger charge is -2.29. The second-order valence-corrected chi connectivity index (χ2v) is 7.69. The molecule has 2 heterocycles. The molecule has 1 aromatic carbocycles. The molecule has 2 aromatic rings. The van der Waals surface area contributed by atoms with E-state index in [1.165, 1.54) is 24.0 Å². The maximum atomic E-state index is 12.9. The highest BCUT2D eigenvalue weighted by Gasteiger charge is 2.19. The summed E-state index contributed by atoms with van der Waals surface area (Å²) < 4.78 is 0. The number of unbranched alkanes of at least 4 members (excludes halogenated alkanes) is 3. The Bertz CT molecular complexity index is 773. The summed E-state index contributed by atoms with van der Waals surface area (Å²) in [4.78, 5) is 21.6. The average Bonchev–Trinajstić information content (AvgIpc) is 2.79. The summed E-state index contributed by atoms with van der Waals surface area (Å²) in [5.74, 6) is 0.961. The number of hydrogen-bond acceptors (Lipinski definition) is 3. The van der Waals surface area contributed by atoms with Crippen molar-refractivity contribution in [1.29, 1.82) is 0 Å². The van der Waals surface area contributed by atoms with Gasteiger partial charge in [0, 0.05) is 38.8 Å². The van der Waals surface area contributed by atoms with Gasteiger partial charge in [0.25, 0.3) is 0 Å². The summed E-state index contributed by atoms with van der Waals surface area (Å²) >= 11 is 0. The first-order valence-corrected chi connectivity index (χ1v) is 11.0. The fraction of sp³-hybridized carbons (Fsp3) is 0.440. The molecule has 4 nitrogen and oxygen atoms in total. The highest BCUT2D eigenvalue weighted by Crippen LogP contribution is 2.22. The Morgan fingerprint density at radius 2 is 1.90 bits per heavy atom. The van der Waals surface area contributed by atoms with Crippen LogP contribution in [0.15, 0.2) is 60.8 Å². The Morgan fingerprint density at radius 1 is 1.07 bits per heavy atom. The minimum Gasteiger partial charge on any atom is -0.298 e. The number of carbonyl (C=O) groups excluding carboxylic acids is 1. The molecule has 0 N–H and O–H groups in total. The number of nitrogens with zero attached hydrogens (tertiary/aromatic N) is 3. The van der Waals surface area contributed by atoms with Gasteiger partial charge in [-0.2, -0.15) is 0 Å². The Morgan fingerprint density at radius 3 is 2.59 bits per heavy atom. The standard InChI is InChI=1S/C25H33N3O/c1-2-3-4-8-14-25(29)28(24-13-9-10-17-26-24)21-20-27-18-15-23(16-19-27)22-11-6-5-7-12-22/h5-7,9-13,15,17H,2-4,8,14,16,18-21H2,1H3. The van der Waals surface area contributed by atoms with Crippen LogP contribution in [-0.2, 0) is 4.79 Å². The van der Waals surface area contributed by atoms with Crippen molar-refractivity contribution in [2.75, 3.05) is 31.1 Å². The molecule has 1 amide bonds. The van der Waals surface area contributed by atoms with E-state index in [0.717, 1.165) is 44.7 Å². The molecule has 4 heteroatoms. The van der Waals surface area contributed by atoms with Crippen molar-refractivity contribution in [3.8, 4) is 0 Å². The predicted molar refractivity (Wildman–Crippen MR) is 121 cm³/mol. The molecule has 0 radical (unpaired) electrons. The van der Waals surface area contributed by atoms with Gasteiger partial charge in [-0.15, -0.1) is 0 Å². The van der Waals surface area contributed by atoms with Crippen molar-refractivity contribution >= 4 is 17.3 Å². The number of hydrogen-bond donors (Lipinski definition) is 0. The van der Waals surface area contributed by atoms with E-state index in [9.17, 15) is 4.79 Å². The first-order chi connectivity index (χ1) is 14.3. The second-order valence-electron chi connectivity index (χ2n) is 7.69. The van der Waals surface area contributed by atoms with Crippen LogP contribution in [-0.4, -0.2) is 42.0 Å². The van der Waals surface area contributed by atoms with E-state index in [4.69, 9.17) is 0 Å². The van der Waals surface area contributed by atoms with Crippen LogP contribution in [0, 0.1) is 0 Å². The van der Waals surface area contributed by atoms with Crippen molar-refractivity contribution in [2.24, 2.45) is 0 Å². The summed E-state index contributed by atoms with van der Waals surface area (Å²) in [5.41, 5.74) is 2.75. The number of amides is 1. The SMILES string of the molecule is CCCCCCC(=O)N(CCN1CC=C(c2ccccc2)CC1)c1ccccn1. The highest BCUT2D eigenvalue weighted by atomic mass is 16.2. The minimum absolute atomic E-state index is 0.192. The summed E-state index contributed by atoms with van der Waals surface area (Å²) in [6.45, 7) is 5.72. The zero-order valence-electron chi connectivity index (χ0n) is 17.6. The zero-order valence-corrected chi connectivity index (χ0v) is 17.6. The molecule has 29 heavy (non-hydrogen) atoms. The molecule has 0 bridgehead atoms. The molecular weight excluding hydrogens is 358 g/mol. The lowest BCUT2D eigenvalue weighted by atomic mass is 10.00. The smallest absolute Gasteiger partial charge is 0.228 e. The van der Waals surface area contributed by atoms with Crippen LogP contribution >= 0.6 is 0 Å². The molecule has 1 aliphatic heterocycles. The van der Waals surface area contributed by atoms with Crippen LogP contribution in [0.25, 0.3) is 5.57 Å². The van der Waals surface area contributed by atoms with E-state index in [2.05, 4.69) is 53.2 Å². The van der Waals surface area contributed by atoms with E-state index in [-0.39, 0.29) is 5.91 Å². The van der Waals surface area contributed by atoms with Crippen molar-refractivity contribution in [2.45, 2.75) is 45.4 Å². The first-order valence-electron chi connectivity index (χ1n) is 11.0. The van der Waals surface area contributed by atoms with E-state index in [1.807, 2.05) is 23.1 Å². The molecule has 3 rings (SSSR count). The van der Waals surface area contributed by atoms with Crippen molar-refractivity contribution in [3.63, 3.8) is 0 Å². The predicted octanol–water partition coefficient (Wildman–Crippen LogP) is 5.17. The van der Waals surface area contributed by atoms with Crippen LogP contribution < -0.4 is 4.90 Å². The van der Waals surface area contributed by atoms with Crippen LogP contribution in [0.4, 0.5) is 5.82 Å². The number of aromatic nitrogens is 1. The molecule has 0 spiro atoms. The summed E-state index contributed by atoms with van der Waals surface area (Å²) in [5, 5.41) is 0. The van der Waals surface area contributed by atoms with Gasteiger partial charge in [-0.3, -0.25) is 14.6 Å². The van der Waals surface area contributed by atoms with Crippen LogP contribution in [0.2, 0.25) is 0 Å². The molecule has 0 saturated heterocycles. The quantitative estimate of drug-likeness (QED) is 0.524. The van der Waals surface area contributed by atoms with Gasteiger partial charge >= 0.3 is 0 Å². The normalized spacial score (nSPS) is 14.4. The fourth-order valence-corrected chi connectivity index (χ4v) is 3.79. The van der Waals surface area contributed by atoms with Crippen LogP contribution in [0.1, 0.15) is 51.0 Å². The van der Waals surface area contributed by atoms with Gasteiger partial charge in [-0.1, -0.05) is 68.7 Å². The Balaban J connectivity index is 1.56. The van der Waals surface area contributed by atoms with Gasteiger partial charge in [0.15, 0.2) is 0 Å².